The van der Waals surface area contributed by atoms with Gasteiger partial charge in [0.2, 0.25) is 0 Å². The van der Waals surface area contributed by atoms with E-state index in [1.54, 1.807) is 0 Å². The van der Waals surface area contributed by atoms with Crippen LogP contribution in [0.4, 0.5) is 0 Å². The van der Waals surface area contributed by atoms with Gasteiger partial charge in [0.25, 0.3) is 0 Å². The van der Waals surface area contributed by atoms with Crippen LogP contribution in [0.5, 0.6) is 0 Å². The van der Waals surface area contributed by atoms with Crippen molar-refractivity contribution < 1.29 is 4.79 Å². The van der Waals surface area contributed by atoms with Gasteiger partial charge < -0.3 is 5.32 Å². The number of nitrogens with one attached hydrogen (secondary N) is 1. The molecule has 1 N–H and O–H groups in total. The molecule has 0 saturated carbocycles. The third-order valence-electron chi connectivity index (χ3n) is 4.03. The summed E-state index contributed by atoms with van der Waals surface area (Å²) in [6, 6.07) is 8.73. The van der Waals surface area contributed by atoms with Crippen molar-refractivity contribution in [1.82, 2.24) is 5.32 Å². The molecule has 20 heavy (non-hydrogen) atoms. The van der Waals surface area contributed by atoms with E-state index in [-0.39, 0.29) is 0 Å². The molecule has 1 saturated heterocycles. The van der Waals surface area contributed by atoms with Gasteiger partial charge in [0.15, 0.2) is 5.78 Å². The number of hydrogen-bond donors (Lipinski definition) is 1. The average Bonchev–Trinajstić information content (AvgIpc) is 2.45. The van der Waals surface area contributed by atoms with Gasteiger partial charge in [-0.25, -0.2) is 0 Å². The van der Waals surface area contributed by atoms with Crippen LogP contribution >= 0.6 is 0 Å². The van der Waals surface area contributed by atoms with Crippen LogP contribution in [0, 0.1) is 5.92 Å². The van der Waals surface area contributed by atoms with Gasteiger partial charge in [-0.2, -0.15) is 0 Å². The van der Waals surface area contributed by atoms with Crippen LogP contribution in [0.15, 0.2) is 24.3 Å². The Labute approximate surface area is 123 Å². The Hall–Kier alpha value is -1.15. The molecule has 0 amide bonds. The number of carbonyl (C=O) groups is 1. The van der Waals surface area contributed by atoms with E-state index in [1.165, 1.54) is 24.8 Å². The summed E-state index contributed by atoms with van der Waals surface area (Å²) in [5.74, 6) is 0.926. The van der Waals surface area contributed by atoms with Crippen LogP contribution in [0.2, 0.25) is 0 Å². The summed E-state index contributed by atoms with van der Waals surface area (Å²) in [4.78, 5) is 12.3. The van der Waals surface area contributed by atoms with Gasteiger partial charge in [-0.3, -0.25) is 4.79 Å². The van der Waals surface area contributed by atoms with E-state index in [9.17, 15) is 4.79 Å². The monoisotopic (exact) mass is 273 g/mol. The van der Waals surface area contributed by atoms with E-state index >= 15 is 0 Å². The molecule has 110 valence electrons. The first-order valence-corrected chi connectivity index (χ1v) is 8.00. The Morgan fingerprint density at radius 2 is 2.20 bits per heavy atom. The number of carbonyl (C=O) groups excluding carboxylic acids is 1. The van der Waals surface area contributed by atoms with Gasteiger partial charge in [0.05, 0.1) is 0 Å². The number of rotatable bonds is 6. The number of ketones is 1. The smallest absolute Gasteiger partial charge is 0.162 e. The Morgan fingerprint density at radius 1 is 1.35 bits per heavy atom. The third kappa shape index (κ3) is 4.75. The van der Waals surface area contributed by atoms with E-state index in [1.807, 2.05) is 12.1 Å². The first kappa shape index (κ1) is 15.2. The lowest BCUT2D eigenvalue weighted by Gasteiger charge is -2.23. The van der Waals surface area contributed by atoms with Gasteiger partial charge in [0.1, 0.15) is 0 Å². The lowest BCUT2D eigenvalue weighted by atomic mass is 9.95. The Balaban J connectivity index is 1.88. The van der Waals surface area contributed by atoms with Crippen molar-refractivity contribution in [2.24, 2.45) is 5.92 Å². The third-order valence-corrected chi connectivity index (χ3v) is 4.03. The molecule has 0 bridgehead atoms. The predicted molar refractivity (Wildman–Crippen MR) is 84.2 cm³/mol. The highest BCUT2D eigenvalue weighted by atomic mass is 16.1. The summed E-state index contributed by atoms with van der Waals surface area (Å²) in [7, 11) is 0. The number of hydrogen-bond acceptors (Lipinski definition) is 2. The fraction of sp³-hybridized carbons (Fsp3) is 0.611. The van der Waals surface area contributed by atoms with Gasteiger partial charge in [-0.1, -0.05) is 38.5 Å². The molecule has 0 aliphatic carbocycles. The Kier molecular flexibility index (Phi) is 5.78. The average molecular weight is 273 g/mol. The number of piperidine rings is 1. The van der Waals surface area contributed by atoms with Gasteiger partial charge in [-0.05, 0) is 49.8 Å². The SMILES string of the molecule is CC(C)Cc1cccc(C(=O)CCC2CCCCN2)c1. The normalized spacial score (nSPS) is 19.2. The van der Waals surface area contributed by atoms with Crippen molar-refractivity contribution in [3.05, 3.63) is 35.4 Å². The highest BCUT2D eigenvalue weighted by Crippen LogP contribution is 2.16. The molecule has 1 aromatic carbocycles. The summed E-state index contributed by atoms with van der Waals surface area (Å²) in [6.07, 6.45) is 6.50. The molecule has 1 aliphatic rings. The van der Waals surface area contributed by atoms with Crippen LogP contribution in [-0.2, 0) is 6.42 Å². The number of benzene rings is 1. The van der Waals surface area contributed by atoms with Crippen LogP contribution < -0.4 is 5.32 Å². The molecule has 1 aliphatic heterocycles. The van der Waals surface area contributed by atoms with Crippen molar-refractivity contribution in [2.75, 3.05) is 6.54 Å². The zero-order valence-electron chi connectivity index (χ0n) is 12.8. The van der Waals surface area contributed by atoms with Crippen molar-refractivity contribution >= 4 is 5.78 Å². The Morgan fingerprint density at radius 3 is 2.90 bits per heavy atom. The molecule has 0 radical (unpaired) electrons. The standard InChI is InChI=1S/C18H27NO/c1-14(2)12-15-6-5-7-16(13-15)18(20)10-9-17-8-3-4-11-19-17/h5-7,13-14,17,19H,3-4,8-12H2,1-2H3. The quantitative estimate of drug-likeness (QED) is 0.794. The molecule has 2 heteroatoms. The second-order valence-corrected chi connectivity index (χ2v) is 6.41. The van der Waals surface area contributed by atoms with Crippen LogP contribution in [0.1, 0.15) is 61.9 Å². The second kappa shape index (κ2) is 7.58. The molecule has 0 aromatic heterocycles. The lowest BCUT2D eigenvalue weighted by molar-refractivity contribution is 0.0974. The van der Waals surface area contributed by atoms with E-state index in [0.717, 1.165) is 24.9 Å². The summed E-state index contributed by atoms with van der Waals surface area (Å²) >= 11 is 0. The molecule has 0 spiro atoms. The molecule has 1 unspecified atom stereocenters. The van der Waals surface area contributed by atoms with Crippen molar-refractivity contribution in [3.63, 3.8) is 0 Å². The first-order chi connectivity index (χ1) is 9.65. The number of Topliss-reactive ketones (excluding diaryl/α,β-unsaturated/α-hetero) is 1. The molecule has 1 aromatic rings. The minimum absolute atomic E-state index is 0.294. The van der Waals surface area contributed by atoms with Crippen molar-refractivity contribution in [3.8, 4) is 0 Å². The van der Waals surface area contributed by atoms with Crippen LogP contribution in [0.25, 0.3) is 0 Å². The molecular weight excluding hydrogens is 246 g/mol. The Bertz CT molecular complexity index is 433. The van der Waals surface area contributed by atoms with Crippen molar-refractivity contribution in [2.45, 2.75) is 58.4 Å². The molecule has 2 nitrogen and oxygen atoms in total. The molecule has 1 fully saturated rings. The zero-order chi connectivity index (χ0) is 14.4. The molecular formula is C18H27NO. The van der Waals surface area contributed by atoms with Crippen molar-refractivity contribution in [1.29, 1.82) is 0 Å². The summed E-state index contributed by atoms with van der Waals surface area (Å²) < 4.78 is 0. The first-order valence-electron chi connectivity index (χ1n) is 8.00. The minimum Gasteiger partial charge on any atom is -0.314 e. The fourth-order valence-corrected chi connectivity index (χ4v) is 2.96. The largest absolute Gasteiger partial charge is 0.314 e. The van der Waals surface area contributed by atoms with E-state index in [4.69, 9.17) is 0 Å². The predicted octanol–water partition coefficient (Wildman–Crippen LogP) is 3.99. The van der Waals surface area contributed by atoms with Crippen LogP contribution in [-0.4, -0.2) is 18.4 Å². The van der Waals surface area contributed by atoms with Gasteiger partial charge >= 0.3 is 0 Å². The summed E-state index contributed by atoms with van der Waals surface area (Å²) in [5.41, 5.74) is 2.17. The van der Waals surface area contributed by atoms with E-state index < -0.39 is 0 Å². The van der Waals surface area contributed by atoms with Gasteiger partial charge in [-0.15, -0.1) is 0 Å². The summed E-state index contributed by atoms with van der Waals surface area (Å²) in [6.45, 7) is 5.54. The highest BCUT2D eigenvalue weighted by Gasteiger charge is 2.15. The molecule has 2 rings (SSSR count). The maximum absolute atomic E-state index is 12.3. The van der Waals surface area contributed by atoms with E-state index in [2.05, 4.69) is 31.3 Å². The maximum Gasteiger partial charge on any atom is 0.162 e. The highest BCUT2D eigenvalue weighted by molar-refractivity contribution is 5.96. The molecule has 1 atom stereocenters. The van der Waals surface area contributed by atoms with Gasteiger partial charge in [0, 0.05) is 18.0 Å². The van der Waals surface area contributed by atoms with E-state index in [0.29, 0.717) is 24.2 Å². The molecule has 1 heterocycles. The fourth-order valence-electron chi connectivity index (χ4n) is 2.96. The summed E-state index contributed by atoms with van der Waals surface area (Å²) in [5, 5.41) is 3.51. The second-order valence-electron chi connectivity index (χ2n) is 6.41. The zero-order valence-corrected chi connectivity index (χ0v) is 12.8. The lowest BCUT2D eigenvalue weighted by Crippen LogP contribution is -2.34. The maximum atomic E-state index is 12.3. The van der Waals surface area contributed by atoms with Crippen LogP contribution in [0.3, 0.4) is 0 Å². The topological polar surface area (TPSA) is 29.1 Å². The minimum atomic E-state index is 0.294.